The number of halogens is 1. The molecule has 1 aliphatic heterocycles. The molecule has 2 aromatic rings. The largest absolute Gasteiger partial charge is 0.490 e. The fourth-order valence-corrected chi connectivity index (χ4v) is 4.49. The lowest BCUT2D eigenvalue weighted by atomic mass is 9.94. The van der Waals surface area contributed by atoms with Crippen LogP contribution in [0.4, 0.5) is 11.4 Å². The van der Waals surface area contributed by atoms with Crippen molar-refractivity contribution in [3.63, 3.8) is 0 Å². The summed E-state index contributed by atoms with van der Waals surface area (Å²) in [6, 6.07) is 8.77. The van der Waals surface area contributed by atoms with E-state index in [0.29, 0.717) is 79.5 Å². The van der Waals surface area contributed by atoms with E-state index in [1.54, 1.807) is 18.2 Å². The number of nitrogens with one attached hydrogen (secondary N) is 1. The van der Waals surface area contributed by atoms with Gasteiger partial charge in [-0.3, -0.25) is 9.59 Å². The van der Waals surface area contributed by atoms with Crippen LogP contribution in [-0.4, -0.2) is 62.7 Å². The minimum atomic E-state index is -0.393. The molecule has 0 unspecified atom stereocenters. The molecule has 0 radical (unpaired) electrons. The maximum Gasteiger partial charge on any atom is 0.255 e. The van der Waals surface area contributed by atoms with Gasteiger partial charge in [0, 0.05) is 42.8 Å². The first-order valence-electron chi connectivity index (χ1n) is 12.8. The normalized spacial score (nSPS) is 13.8. The van der Waals surface area contributed by atoms with Crippen molar-refractivity contribution in [2.45, 2.75) is 41.5 Å². The van der Waals surface area contributed by atoms with E-state index in [1.807, 2.05) is 58.6 Å². The van der Waals surface area contributed by atoms with Crippen molar-refractivity contribution in [2.75, 3.05) is 56.2 Å². The van der Waals surface area contributed by atoms with Gasteiger partial charge in [-0.15, -0.1) is 0 Å². The molecule has 1 aliphatic rings. The van der Waals surface area contributed by atoms with Crippen molar-refractivity contribution in [2.24, 2.45) is 5.41 Å². The van der Waals surface area contributed by atoms with Crippen molar-refractivity contribution >= 4 is 34.8 Å². The molecule has 0 aromatic heterocycles. The predicted molar refractivity (Wildman–Crippen MR) is 148 cm³/mol. The number of ether oxygens (including phenoxy) is 3. The van der Waals surface area contributed by atoms with Crippen LogP contribution >= 0.6 is 11.6 Å². The molecule has 0 bridgehead atoms. The van der Waals surface area contributed by atoms with Gasteiger partial charge in [0.05, 0.1) is 30.5 Å². The van der Waals surface area contributed by atoms with E-state index in [0.717, 1.165) is 5.69 Å². The molecule has 1 saturated heterocycles. The number of carbonyl (C=O) groups is 2. The maximum atomic E-state index is 13.1. The van der Waals surface area contributed by atoms with Crippen LogP contribution in [0.1, 0.15) is 51.9 Å². The molecule has 8 nitrogen and oxygen atoms in total. The van der Waals surface area contributed by atoms with Crippen molar-refractivity contribution in [3.05, 3.63) is 40.9 Å². The van der Waals surface area contributed by atoms with Gasteiger partial charge in [0.2, 0.25) is 11.7 Å². The second-order valence-corrected chi connectivity index (χ2v) is 10.2. The molecule has 1 heterocycles. The number of benzene rings is 2. The zero-order chi connectivity index (χ0) is 27.2. The summed E-state index contributed by atoms with van der Waals surface area (Å²) in [6.45, 7) is 15.4. The number of piperazine rings is 1. The zero-order valence-corrected chi connectivity index (χ0v) is 23.4. The molecule has 0 spiro atoms. The van der Waals surface area contributed by atoms with E-state index in [-0.39, 0.29) is 11.8 Å². The summed E-state index contributed by atoms with van der Waals surface area (Å²) in [5, 5.41) is 3.44. The number of carbonyl (C=O) groups excluding carboxylic acids is 2. The van der Waals surface area contributed by atoms with Gasteiger partial charge in [-0.2, -0.15) is 0 Å². The van der Waals surface area contributed by atoms with Crippen molar-refractivity contribution < 1.29 is 23.8 Å². The topological polar surface area (TPSA) is 80.3 Å². The summed E-state index contributed by atoms with van der Waals surface area (Å²) in [4.78, 5) is 29.8. The fourth-order valence-electron chi connectivity index (χ4n) is 4.19. The summed E-state index contributed by atoms with van der Waals surface area (Å²) in [5.74, 6) is 1.24. The van der Waals surface area contributed by atoms with Gasteiger partial charge in [0.25, 0.3) is 5.91 Å². The lowest BCUT2D eigenvalue weighted by molar-refractivity contribution is -0.139. The molecule has 0 saturated carbocycles. The van der Waals surface area contributed by atoms with Crippen LogP contribution in [0.25, 0.3) is 0 Å². The van der Waals surface area contributed by atoms with Crippen molar-refractivity contribution in [1.82, 2.24) is 4.90 Å². The second-order valence-electron chi connectivity index (χ2n) is 9.75. The smallest absolute Gasteiger partial charge is 0.255 e. The van der Waals surface area contributed by atoms with Crippen LogP contribution in [-0.2, 0) is 4.79 Å². The highest BCUT2D eigenvalue weighted by molar-refractivity contribution is 6.33. The lowest BCUT2D eigenvalue weighted by Crippen LogP contribution is -2.51. The Morgan fingerprint density at radius 2 is 1.46 bits per heavy atom. The Kier molecular flexibility index (Phi) is 9.54. The number of anilines is 2. The summed E-state index contributed by atoms with van der Waals surface area (Å²) >= 11 is 6.62. The van der Waals surface area contributed by atoms with Gasteiger partial charge < -0.3 is 29.3 Å². The molecule has 2 amide bonds. The SMILES string of the molecule is CCOc1cc(C(=O)Nc2ccc(N3CCN(C(=O)C(C)(C)C)CC3)c(Cl)c2)cc(OCC)c1OCC. The summed E-state index contributed by atoms with van der Waals surface area (Å²) < 4.78 is 17.2. The molecule has 1 fully saturated rings. The first-order valence-corrected chi connectivity index (χ1v) is 13.2. The number of hydrogen-bond donors (Lipinski definition) is 1. The van der Waals surface area contributed by atoms with Crippen LogP contribution in [0.2, 0.25) is 5.02 Å². The minimum absolute atomic E-state index is 0.158. The van der Waals surface area contributed by atoms with E-state index in [9.17, 15) is 9.59 Å². The summed E-state index contributed by atoms with van der Waals surface area (Å²) in [6.07, 6.45) is 0. The zero-order valence-electron chi connectivity index (χ0n) is 22.7. The third-order valence-corrected chi connectivity index (χ3v) is 6.23. The Labute approximate surface area is 224 Å². The Bertz CT molecular complexity index is 1080. The van der Waals surface area contributed by atoms with Gasteiger partial charge in [0.15, 0.2) is 11.5 Å². The monoisotopic (exact) mass is 531 g/mol. The van der Waals surface area contributed by atoms with Crippen LogP contribution in [0.3, 0.4) is 0 Å². The number of hydrogen-bond acceptors (Lipinski definition) is 6. The molecule has 9 heteroatoms. The molecule has 1 N–H and O–H groups in total. The quantitative estimate of drug-likeness (QED) is 0.461. The Morgan fingerprint density at radius 3 is 1.95 bits per heavy atom. The molecular formula is C28H38ClN3O5. The highest BCUT2D eigenvalue weighted by Gasteiger charge is 2.30. The third-order valence-electron chi connectivity index (χ3n) is 5.93. The standard InChI is InChI=1S/C28H38ClN3O5/c1-7-35-23-16-19(17-24(36-8-2)25(23)37-9-3)26(33)30-20-10-11-22(21(29)18-20)31-12-14-32(15-13-31)27(34)28(4,5)6/h10-11,16-18H,7-9,12-15H2,1-6H3,(H,30,33). The first kappa shape index (κ1) is 28.4. The molecule has 202 valence electrons. The van der Waals surface area contributed by atoms with E-state index >= 15 is 0 Å². The van der Waals surface area contributed by atoms with Gasteiger partial charge in [-0.05, 0) is 51.1 Å². The average molecular weight is 532 g/mol. The van der Waals surface area contributed by atoms with E-state index in [2.05, 4.69) is 10.2 Å². The number of rotatable bonds is 9. The fraction of sp³-hybridized carbons (Fsp3) is 0.500. The predicted octanol–water partition coefficient (Wildman–Crippen LogP) is 5.48. The number of amides is 2. The minimum Gasteiger partial charge on any atom is -0.490 e. The van der Waals surface area contributed by atoms with Crippen molar-refractivity contribution in [3.8, 4) is 17.2 Å². The summed E-state index contributed by atoms with van der Waals surface area (Å²) in [7, 11) is 0. The van der Waals surface area contributed by atoms with Gasteiger partial charge in [-0.25, -0.2) is 0 Å². The van der Waals surface area contributed by atoms with E-state index in [1.165, 1.54) is 0 Å². The third kappa shape index (κ3) is 7.01. The highest BCUT2D eigenvalue weighted by atomic mass is 35.5. The van der Waals surface area contributed by atoms with Crippen molar-refractivity contribution in [1.29, 1.82) is 0 Å². The summed E-state index contributed by atoms with van der Waals surface area (Å²) in [5.41, 5.74) is 1.44. The van der Waals surface area contributed by atoms with Gasteiger partial charge in [0.1, 0.15) is 0 Å². The first-order chi connectivity index (χ1) is 17.6. The molecule has 0 atom stereocenters. The Hall–Kier alpha value is -3.13. The van der Waals surface area contributed by atoms with Gasteiger partial charge in [-0.1, -0.05) is 32.4 Å². The van der Waals surface area contributed by atoms with E-state index < -0.39 is 5.41 Å². The second kappa shape index (κ2) is 12.4. The van der Waals surface area contributed by atoms with Crippen LogP contribution in [0.15, 0.2) is 30.3 Å². The van der Waals surface area contributed by atoms with Crippen LogP contribution in [0.5, 0.6) is 17.2 Å². The molecular weight excluding hydrogens is 494 g/mol. The van der Waals surface area contributed by atoms with Crippen LogP contribution < -0.4 is 24.4 Å². The Balaban J connectivity index is 1.73. The number of nitrogens with zero attached hydrogens (tertiary/aromatic N) is 2. The Morgan fingerprint density at radius 1 is 0.892 bits per heavy atom. The van der Waals surface area contributed by atoms with Gasteiger partial charge >= 0.3 is 0 Å². The van der Waals surface area contributed by atoms with Crippen LogP contribution in [0, 0.1) is 5.41 Å². The maximum absolute atomic E-state index is 13.1. The molecule has 0 aliphatic carbocycles. The molecule has 2 aromatic carbocycles. The average Bonchev–Trinajstić information content (AvgIpc) is 2.85. The lowest BCUT2D eigenvalue weighted by Gasteiger charge is -2.39. The van der Waals surface area contributed by atoms with E-state index in [4.69, 9.17) is 25.8 Å². The molecule has 37 heavy (non-hydrogen) atoms. The highest BCUT2D eigenvalue weighted by Crippen LogP contribution is 2.39. The molecule has 3 rings (SSSR count).